The van der Waals surface area contributed by atoms with Gasteiger partial charge in [-0.2, -0.15) is 13.2 Å². The van der Waals surface area contributed by atoms with E-state index in [0.717, 1.165) is 37.8 Å². The first-order valence-electron chi connectivity index (χ1n) is 11.4. The van der Waals surface area contributed by atoms with Crippen molar-refractivity contribution in [2.75, 3.05) is 11.9 Å². The Morgan fingerprint density at radius 1 is 1.18 bits per heavy atom. The second-order valence-electron chi connectivity index (χ2n) is 8.89. The lowest BCUT2D eigenvalue weighted by Gasteiger charge is -2.26. The number of amides is 1. The molecule has 2 N–H and O–H groups in total. The minimum absolute atomic E-state index is 0.0458. The standard InChI is InChI=1S/C23H32F3N5OS/c1-15(2)13-28-21(32)16(3)33-22-30-29-20(31(22)19-10-5-4-6-11-19)14-27-18-9-7-8-17(12-18)23(24,25)26/h7-9,12,15-16,19,27H,4-6,10-11,13-14H2,1-3H3,(H,28,32). The number of anilines is 1. The first-order valence-corrected chi connectivity index (χ1v) is 12.3. The van der Waals surface area contributed by atoms with Crippen molar-refractivity contribution in [2.24, 2.45) is 5.92 Å². The number of rotatable bonds is 9. The summed E-state index contributed by atoms with van der Waals surface area (Å²) in [6, 6.07) is 5.36. The summed E-state index contributed by atoms with van der Waals surface area (Å²) in [7, 11) is 0. The number of nitrogens with zero attached hydrogens (tertiary/aromatic N) is 3. The zero-order chi connectivity index (χ0) is 24.0. The Balaban J connectivity index is 1.76. The quantitative estimate of drug-likeness (QED) is 0.450. The molecule has 1 amide bonds. The monoisotopic (exact) mass is 483 g/mol. The smallest absolute Gasteiger partial charge is 0.378 e. The third kappa shape index (κ3) is 7.12. The summed E-state index contributed by atoms with van der Waals surface area (Å²) < 4.78 is 41.2. The van der Waals surface area contributed by atoms with Gasteiger partial charge >= 0.3 is 6.18 Å². The molecule has 6 nitrogen and oxygen atoms in total. The van der Waals surface area contributed by atoms with Gasteiger partial charge < -0.3 is 15.2 Å². The number of carbonyl (C=O) groups is 1. The Hall–Kier alpha value is -2.23. The third-order valence-electron chi connectivity index (χ3n) is 5.65. The molecular formula is C23H32F3N5OS. The van der Waals surface area contributed by atoms with E-state index in [-0.39, 0.29) is 23.7 Å². The molecule has 1 saturated carbocycles. The topological polar surface area (TPSA) is 71.8 Å². The molecular weight excluding hydrogens is 451 g/mol. The predicted molar refractivity (Wildman–Crippen MR) is 124 cm³/mol. The molecule has 0 aliphatic heterocycles. The van der Waals surface area contributed by atoms with Crippen molar-refractivity contribution in [3.05, 3.63) is 35.7 Å². The second kappa shape index (κ2) is 11.3. The fourth-order valence-electron chi connectivity index (χ4n) is 3.86. The lowest BCUT2D eigenvalue weighted by Crippen LogP contribution is -2.33. The van der Waals surface area contributed by atoms with Crippen LogP contribution in [0.2, 0.25) is 0 Å². The second-order valence-corrected chi connectivity index (χ2v) is 10.2. The van der Waals surface area contributed by atoms with Crippen LogP contribution in [-0.2, 0) is 17.5 Å². The summed E-state index contributed by atoms with van der Waals surface area (Å²) in [5.74, 6) is 0.984. The molecule has 0 radical (unpaired) electrons. The van der Waals surface area contributed by atoms with Gasteiger partial charge in [0, 0.05) is 18.3 Å². The van der Waals surface area contributed by atoms with E-state index < -0.39 is 11.7 Å². The van der Waals surface area contributed by atoms with Crippen molar-refractivity contribution in [2.45, 2.75) is 82.0 Å². The van der Waals surface area contributed by atoms with Crippen LogP contribution in [0.5, 0.6) is 0 Å². The van der Waals surface area contributed by atoms with E-state index >= 15 is 0 Å². The van der Waals surface area contributed by atoms with Gasteiger partial charge in [0.2, 0.25) is 5.91 Å². The first-order chi connectivity index (χ1) is 15.6. The maximum atomic E-state index is 13.0. The highest BCUT2D eigenvalue weighted by atomic mass is 32.2. The Morgan fingerprint density at radius 3 is 2.58 bits per heavy atom. The molecule has 1 aliphatic rings. The van der Waals surface area contributed by atoms with Gasteiger partial charge in [0.05, 0.1) is 17.4 Å². The molecule has 0 saturated heterocycles. The van der Waals surface area contributed by atoms with Crippen LogP contribution in [0.1, 0.15) is 70.3 Å². The Morgan fingerprint density at radius 2 is 1.91 bits per heavy atom. The molecule has 10 heteroatoms. The number of thioether (sulfide) groups is 1. The molecule has 1 atom stereocenters. The molecule has 0 bridgehead atoms. The first kappa shape index (κ1) is 25.4. The fraction of sp³-hybridized carbons (Fsp3) is 0.609. The number of halogens is 3. The van der Waals surface area contributed by atoms with Crippen LogP contribution in [0.15, 0.2) is 29.4 Å². The van der Waals surface area contributed by atoms with E-state index in [0.29, 0.717) is 29.1 Å². The maximum Gasteiger partial charge on any atom is 0.416 e. The van der Waals surface area contributed by atoms with Gasteiger partial charge in [-0.05, 0) is 43.9 Å². The Kier molecular flexibility index (Phi) is 8.67. The van der Waals surface area contributed by atoms with Gasteiger partial charge in [-0.25, -0.2) is 0 Å². The highest BCUT2D eigenvalue weighted by Crippen LogP contribution is 2.34. The van der Waals surface area contributed by atoms with Crippen LogP contribution in [0.4, 0.5) is 18.9 Å². The van der Waals surface area contributed by atoms with Crippen molar-refractivity contribution < 1.29 is 18.0 Å². The molecule has 1 aromatic carbocycles. The Bertz CT molecular complexity index is 925. The van der Waals surface area contributed by atoms with Crippen molar-refractivity contribution >= 4 is 23.4 Å². The van der Waals surface area contributed by atoms with Gasteiger partial charge in [0.25, 0.3) is 0 Å². The molecule has 1 fully saturated rings. The Labute approximate surface area is 197 Å². The van der Waals surface area contributed by atoms with E-state index in [9.17, 15) is 18.0 Å². The minimum Gasteiger partial charge on any atom is -0.378 e. The lowest BCUT2D eigenvalue weighted by atomic mass is 9.95. The summed E-state index contributed by atoms with van der Waals surface area (Å²) in [6.45, 7) is 6.80. The summed E-state index contributed by atoms with van der Waals surface area (Å²) in [6.07, 6.45) is 1.00. The highest BCUT2D eigenvalue weighted by molar-refractivity contribution is 8.00. The van der Waals surface area contributed by atoms with E-state index in [1.807, 2.05) is 20.8 Å². The van der Waals surface area contributed by atoms with Crippen LogP contribution in [0.3, 0.4) is 0 Å². The van der Waals surface area contributed by atoms with Crippen LogP contribution in [0, 0.1) is 5.92 Å². The summed E-state index contributed by atoms with van der Waals surface area (Å²) in [5, 5.41) is 15.0. The normalized spacial score (nSPS) is 16.1. The number of aromatic nitrogens is 3. The average molecular weight is 484 g/mol. The van der Waals surface area contributed by atoms with Crippen molar-refractivity contribution in [1.29, 1.82) is 0 Å². The van der Waals surface area contributed by atoms with E-state index in [1.54, 1.807) is 6.07 Å². The molecule has 182 valence electrons. The van der Waals surface area contributed by atoms with Crippen LogP contribution in [0.25, 0.3) is 0 Å². The van der Waals surface area contributed by atoms with Gasteiger partial charge in [0.15, 0.2) is 11.0 Å². The van der Waals surface area contributed by atoms with Crippen LogP contribution >= 0.6 is 11.8 Å². The molecule has 1 unspecified atom stereocenters. The molecule has 3 rings (SSSR count). The SMILES string of the molecule is CC(C)CNC(=O)C(C)Sc1nnc(CNc2cccc(C(F)(F)F)c2)n1C1CCCCC1. The molecule has 1 heterocycles. The van der Waals surface area contributed by atoms with Gasteiger partial charge in [-0.3, -0.25) is 4.79 Å². The van der Waals surface area contributed by atoms with E-state index in [1.165, 1.54) is 24.2 Å². The fourth-order valence-corrected chi connectivity index (χ4v) is 4.82. The van der Waals surface area contributed by atoms with Crippen molar-refractivity contribution in [3.63, 3.8) is 0 Å². The van der Waals surface area contributed by atoms with Crippen molar-refractivity contribution in [3.8, 4) is 0 Å². The van der Waals surface area contributed by atoms with Crippen LogP contribution < -0.4 is 10.6 Å². The molecule has 1 aliphatic carbocycles. The van der Waals surface area contributed by atoms with Crippen molar-refractivity contribution in [1.82, 2.24) is 20.1 Å². The summed E-state index contributed by atoms with van der Waals surface area (Å²) >= 11 is 1.37. The zero-order valence-electron chi connectivity index (χ0n) is 19.3. The molecule has 2 aromatic rings. The number of hydrogen-bond donors (Lipinski definition) is 2. The van der Waals surface area contributed by atoms with Gasteiger partial charge in [0.1, 0.15) is 0 Å². The van der Waals surface area contributed by atoms with Crippen LogP contribution in [-0.4, -0.2) is 32.5 Å². The average Bonchev–Trinajstić information content (AvgIpc) is 3.18. The molecule has 33 heavy (non-hydrogen) atoms. The largest absolute Gasteiger partial charge is 0.416 e. The highest BCUT2D eigenvalue weighted by Gasteiger charge is 2.30. The number of nitrogens with one attached hydrogen (secondary N) is 2. The third-order valence-corrected chi connectivity index (χ3v) is 6.71. The summed E-state index contributed by atoms with van der Waals surface area (Å²) in [5.41, 5.74) is -0.322. The number of carbonyl (C=O) groups excluding carboxylic acids is 1. The van der Waals surface area contributed by atoms with Gasteiger partial charge in [-0.1, -0.05) is 50.9 Å². The lowest BCUT2D eigenvalue weighted by molar-refractivity contribution is -0.137. The number of alkyl halides is 3. The van der Waals surface area contributed by atoms with E-state index in [2.05, 4.69) is 25.4 Å². The zero-order valence-corrected chi connectivity index (χ0v) is 20.1. The van der Waals surface area contributed by atoms with E-state index in [4.69, 9.17) is 0 Å². The van der Waals surface area contributed by atoms with Gasteiger partial charge in [-0.15, -0.1) is 10.2 Å². The predicted octanol–water partition coefficient (Wildman–Crippen LogP) is 5.67. The minimum atomic E-state index is -4.39. The molecule has 1 aromatic heterocycles. The maximum absolute atomic E-state index is 13.0. The molecule has 0 spiro atoms. The number of hydrogen-bond acceptors (Lipinski definition) is 5. The summed E-state index contributed by atoms with van der Waals surface area (Å²) in [4.78, 5) is 12.5. The number of benzene rings is 1.